The van der Waals surface area contributed by atoms with Gasteiger partial charge in [0.15, 0.2) is 6.23 Å². The molecule has 2 aromatic heterocycles. The summed E-state index contributed by atoms with van der Waals surface area (Å²) in [5.41, 5.74) is 2.71. The molecule has 3 aromatic rings. The molecule has 1 saturated carbocycles. The number of aliphatic hydroxyl groups is 1. The van der Waals surface area contributed by atoms with Gasteiger partial charge in [0.2, 0.25) is 0 Å². The van der Waals surface area contributed by atoms with Crippen molar-refractivity contribution in [3.63, 3.8) is 0 Å². The van der Waals surface area contributed by atoms with Crippen molar-refractivity contribution >= 4 is 28.4 Å². The van der Waals surface area contributed by atoms with Crippen molar-refractivity contribution in [3.8, 4) is 0 Å². The highest BCUT2D eigenvalue weighted by molar-refractivity contribution is 5.85. The summed E-state index contributed by atoms with van der Waals surface area (Å²) in [6.45, 7) is 4.06. The Kier molecular flexibility index (Phi) is 6.31. The number of rotatable bonds is 11. The first-order chi connectivity index (χ1) is 15.0. The number of fused-ring (bicyclic) bond motifs is 1. The van der Waals surface area contributed by atoms with Crippen LogP contribution < -0.4 is 10.2 Å². The number of carboxylic acids is 1. The van der Waals surface area contributed by atoms with E-state index in [-0.39, 0.29) is 6.42 Å². The van der Waals surface area contributed by atoms with Gasteiger partial charge >= 0.3 is 5.97 Å². The number of aromatic amines is 1. The fraction of sp³-hybridized carbons (Fsp3) is 0.455. The average Bonchev–Trinajstić information content (AvgIpc) is 3.49. The molecule has 1 aliphatic rings. The summed E-state index contributed by atoms with van der Waals surface area (Å²) < 4.78 is 0. The third-order valence-corrected chi connectivity index (χ3v) is 5.47. The van der Waals surface area contributed by atoms with E-state index in [2.05, 4.69) is 37.3 Å². The van der Waals surface area contributed by atoms with Crippen LogP contribution in [-0.4, -0.2) is 49.4 Å². The molecular formula is C22H28N6O3. The highest BCUT2D eigenvalue weighted by Crippen LogP contribution is 2.31. The average molecular weight is 425 g/mol. The molecular weight excluding hydrogens is 396 g/mol. The molecule has 1 atom stereocenters. The van der Waals surface area contributed by atoms with E-state index >= 15 is 0 Å². The molecule has 31 heavy (non-hydrogen) atoms. The zero-order chi connectivity index (χ0) is 21.8. The maximum atomic E-state index is 10.9. The van der Waals surface area contributed by atoms with E-state index in [1.54, 1.807) is 0 Å². The van der Waals surface area contributed by atoms with Crippen molar-refractivity contribution in [3.05, 3.63) is 42.0 Å². The zero-order valence-electron chi connectivity index (χ0n) is 17.6. The van der Waals surface area contributed by atoms with E-state index in [0.29, 0.717) is 17.8 Å². The molecule has 2 heterocycles. The summed E-state index contributed by atoms with van der Waals surface area (Å²) >= 11 is 0. The quantitative estimate of drug-likeness (QED) is 0.346. The number of aromatic nitrogens is 4. The Bertz CT molecular complexity index is 1050. The number of H-pyrrole nitrogens is 1. The van der Waals surface area contributed by atoms with Gasteiger partial charge in [0.1, 0.15) is 12.1 Å². The number of carbonyl (C=O) groups is 1. The molecule has 0 amide bonds. The highest BCUT2D eigenvalue weighted by atomic mass is 16.4. The number of aryl methyl sites for hydroxylation is 1. The fourth-order valence-electron chi connectivity index (χ4n) is 3.67. The molecule has 4 rings (SSSR count). The normalized spacial score (nSPS) is 14.5. The summed E-state index contributed by atoms with van der Waals surface area (Å²) in [6.07, 6.45) is 4.45. The van der Waals surface area contributed by atoms with Crippen molar-refractivity contribution < 1.29 is 15.0 Å². The predicted octanol–water partition coefficient (Wildman–Crippen LogP) is 3.10. The standard InChI is InChI=1S/C22H28N6O3/c1-2-9-28(12-14-3-4-14)20-11-19(23-13-24-20)22(31)25-15-5-6-17-16(10-15)18(27-26-17)7-8-21(29)30/h5-6,10-11,13-14,22,25,31H,2-4,7-9,12H2,1H3,(H,26,27)(H,29,30). The monoisotopic (exact) mass is 424 g/mol. The van der Waals surface area contributed by atoms with Gasteiger partial charge in [-0.15, -0.1) is 0 Å². The van der Waals surface area contributed by atoms with Gasteiger partial charge in [0.05, 0.1) is 17.6 Å². The van der Waals surface area contributed by atoms with Crippen LogP contribution in [-0.2, 0) is 11.2 Å². The minimum absolute atomic E-state index is 0.0242. The van der Waals surface area contributed by atoms with Gasteiger partial charge in [-0.2, -0.15) is 5.10 Å². The van der Waals surface area contributed by atoms with Crippen LogP contribution in [0.3, 0.4) is 0 Å². The van der Waals surface area contributed by atoms with Gasteiger partial charge in [-0.3, -0.25) is 9.89 Å². The Morgan fingerprint density at radius 3 is 2.90 bits per heavy atom. The second-order valence-electron chi connectivity index (χ2n) is 8.07. The number of hydrogen-bond donors (Lipinski definition) is 4. The van der Waals surface area contributed by atoms with Crippen molar-refractivity contribution in [2.45, 2.75) is 45.3 Å². The molecule has 4 N–H and O–H groups in total. The van der Waals surface area contributed by atoms with E-state index in [4.69, 9.17) is 5.11 Å². The number of benzene rings is 1. The van der Waals surface area contributed by atoms with Crippen LogP contribution in [0.15, 0.2) is 30.6 Å². The van der Waals surface area contributed by atoms with Crippen molar-refractivity contribution in [1.82, 2.24) is 20.2 Å². The molecule has 0 bridgehead atoms. The van der Waals surface area contributed by atoms with Gasteiger partial charge < -0.3 is 20.4 Å². The third kappa shape index (κ3) is 5.29. The summed E-state index contributed by atoms with van der Waals surface area (Å²) in [6, 6.07) is 7.35. The van der Waals surface area contributed by atoms with Crippen LogP contribution in [0.1, 0.15) is 50.2 Å². The molecule has 1 aromatic carbocycles. The molecule has 164 valence electrons. The van der Waals surface area contributed by atoms with Gasteiger partial charge in [-0.1, -0.05) is 6.92 Å². The van der Waals surface area contributed by atoms with Gasteiger partial charge in [0, 0.05) is 42.3 Å². The van der Waals surface area contributed by atoms with E-state index in [1.165, 1.54) is 19.2 Å². The first-order valence-corrected chi connectivity index (χ1v) is 10.7. The van der Waals surface area contributed by atoms with Crippen LogP contribution in [0, 0.1) is 5.92 Å². The van der Waals surface area contributed by atoms with E-state index < -0.39 is 12.2 Å². The number of nitrogens with one attached hydrogen (secondary N) is 2. The van der Waals surface area contributed by atoms with Crippen LogP contribution >= 0.6 is 0 Å². The zero-order valence-corrected chi connectivity index (χ0v) is 17.6. The number of carboxylic acid groups (broad SMARTS) is 1. The Morgan fingerprint density at radius 1 is 1.32 bits per heavy atom. The van der Waals surface area contributed by atoms with Crippen LogP contribution in [0.25, 0.3) is 10.9 Å². The van der Waals surface area contributed by atoms with Crippen LogP contribution in [0.2, 0.25) is 0 Å². The minimum atomic E-state index is -1.00. The summed E-state index contributed by atoms with van der Waals surface area (Å²) in [7, 11) is 0. The lowest BCUT2D eigenvalue weighted by atomic mass is 10.1. The third-order valence-electron chi connectivity index (χ3n) is 5.47. The molecule has 1 fully saturated rings. The lowest BCUT2D eigenvalue weighted by molar-refractivity contribution is -0.136. The molecule has 9 heteroatoms. The van der Waals surface area contributed by atoms with Crippen molar-refractivity contribution in [2.75, 3.05) is 23.3 Å². The van der Waals surface area contributed by atoms with Gasteiger partial charge in [-0.05, 0) is 43.4 Å². The number of nitrogens with zero attached hydrogens (tertiary/aromatic N) is 4. The molecule has 9 nitrogen and oxygen atoms in total. The second-order valence-corrected chi connectivity index (χ2v) is 8.07. The van der Waals surface area contributed by atoms with Gasteiger partial charge in [-0.25, -0.2) is 9.97 Å². The van der Waals surface area contributed by atoms with Gasteiger partial charge in [0.25, 0.3) is 0 Å². The lowest BCUT2D eigenvalue weighted by Gasteiger charge is -2.24. The number of aliphatic carboxylic acids is 1. The molecule has 0 spiro atoms. The maximum absolute atomic E-state index is 10.9. The van der Waals surface area contributed by atoms with Crippen LogP contribution in [0.5, 0.6) is 0 Å². The molecule has 1 unspecified atom stereocenters. The van der Waals surface area contributed by atoms with E-state index in [1.807, 2.05) is 24.3 Å². The van der Waals surface area contributed by atoms with Crippen molar-refractivity contribution in [2.24, 2.45) is 5.92 Å². The molecule has 0 saturated heterocycles. The molecule has 0 radical (unpaired) electrons. The molecule has 0 aliphatic heterocycles. The second kappa shape index (κ2) is 9.30. The molecule has 1 aliphatic carbocycles. The lowest BCUT2D eigenvalue weighted by Crippen LogP contribution is -2.28. The smallest absolute Gasteiger partial charge is 0.303 e. The highest BCUT2D eigenvalue weighted by Gasteiger charge is 2.25. The first-order valence-electron chi connectivity index (χ1n) is 10.7. The summed E-state index contributed by atoms with van der Waals surface area (Å²) in [5.74, 6) is 0.719. The largest absolute Gasteiger partial charge is 0.481 e. The van der Waals surface area contributed by atoms with Crippen molar-refractivity contribution in [1.29, 1.82) is 0 Å². The predicted molar refractivity (Wildman–Crippen MR) is 118 cm³/mol. The van der Waals surface area contributed by atoms with E-state index in [0.717, 1.165) is 47.8 Å². The minimum Gasteiger partial charge on any atom is -0.481 e. The SMILES string of the molecule is CCCN(CC1CC1)c1cc(C(O)Nc2ccc3n[nH]c(CCC(=O)O)c3c2)ncn1. The number of hydrogen-bond acceptors (Lipinski definition) is 7. The maximum Gasteiger partial charge on any atom is 0.303 e. The van der Waals surface area contributed by atoms with Crippen LogP contribution in [0.4, 0.5) is 11.5 Å². The fourth-order valence-corrected chi connectivity index (χ4v) is 3.67. The Balaban J connectivity index is 1.49. The first kappa shape index (κ1) is 21.0. The number of anilines is 2. The Morgan fingerprint density at radius 2 is 2.16 bits per heavy atom. The Hall–Kier alpha value is -3.20. The van der Waals surface area contributed by atoms with E-state index in [9.17, 15) is 9.90 Å². The topological polar surface area (TPSA) is 127 Å². The number of aliphatic hydroxyl groups excluding tert-OH is 1. The summed E-state index contributed by atoms with van der Waals surface area (Å²) in [5, 5.41) is 30.7. The summed E-state index contributed by atoms with van der Waals surface area (Å²) in [4.78, 5) is 21.8. The Labute approximate surface area is 180 Å².